The molecule has 2 aromatic heterocycles. The first-order valence-electron chi connectivity index (χ1n) is 7.00. The van der Waals surface area contributed by atoms with Crippen molar-refractivity contribution >= 4 is 50.2 Å². The molecule has 5 nitrogen and oxygen atoms in total. The fourth-order valence-corrected chi connectivity index (χ4v) is 4.45. The van der Waals surface area contributed by atoms with Gasteiger partial charge in [0, 0.05) is 5.69 Å². The van der Waals surface area contributed by atoms with Gasteiger partial charge < -0.3 is 5.32 Å². The Morgan fingerprint density at radius 1 is 1.00 bits per heavy atom. The molecule has 0 saturated carbocycles. The average Bonchev–Trinajstić information content (AvgIpc) is 2.99. The molecule has 0 saturated heterocycles. The van der Waals surface area contributed by atoms with Crippen LogP contribution in [0.2, 0.25) is 4.34 Å². The van der Waals surface area contributed by atoms with Gasteiger partial charge in [-0.25, -0.2) is 13.4 Å². The van der Waals surface area contributed by atoms with E-state index in [1.54, 1.807) is 24.4 Å². The molecule has 0 amide bonds. The van der Waals surface area contributed by atoms with Crippen LogP contribution in [0.4, 0.5) is 17.2 Å². The number of nitrogens with zero attached hydrogens (tertiary/aromatic N) is 1. The Morgan fingerprint density at radius 3 is 2.29 bits per heavy atom. The van der Waals surface area contributed by atoms with Gasteiger partial charge in [0.2, 0.25) is 0 Å². The summed E-state index contributed by atoms with van der Waals surface area (Å²) >= 11 is 6.77. The molecule has 124 valence electrons. The monoisotopic (exact) mass is 379 g/mol. The summed E-state index contributed by atoms with van der Waals surface area (Å²) in [4.78, 5) is 4.13. The molecule has 0 unspecified atom stereocenters. The fraction of sp³-hybridized carbons (Fsp3) is 0.0625. The molecular formula is C16H14ClN3O2S2. The first-order valence-corrected chi connectivity index (χ1v) is 9.68. The number of aromatic nitrogens is 1. The van der Waals surface area contributed by atoms with E-state index in [0.29, 0.717) is 4.34 Å². The number of rotatable bonds is 5. The van der Waals surface area contributed by atoms with Crippen molar-refractivity contribution in [3.8, 4) is 0 Å². The summed E-state index contributed by atoms with van der Waals surface area (Å²) in [6.07, 6.45) is 1.57. The Labute approximate surface area is 149 Å². The maximum Gasteiger partial charge on any atom is 0.272 e. The first-order chi connectivity index (χ1) is 11.4. The number of aryl methyl sites for hydroxylation is 1. The van der Waals surface area contributed by atoms with Crippen LogP contribution in [0.5, 0.6) is 0 Å². The van der Waals surface area contributed by atoms with Crippen molar-refractivity contribution < 1.29 is 8.42 Å². The van der Waals surface area contributed by atoms with Crippen LogP contribution in [0.25, 0.3) is 0 Å². The second-order valence-corrected chi connectivity index (χ2v) is 8.71. The number of nitrogens with one attached hydrogen (secondary N) is 2. The molecule has 3 aromatic rings. The van der Waals surface area contributed by atoms with Crippen molar-refractivity contribution in [2.45, 2.75) is 11.1 Å². The highest BCUT2D eigenvalue weighted by atomic mass is 35.5. The van der Waals surface area contributed by atoms with Crippen molar-refractivity contribution in [3.05, 3.63) is 64.6 Å². The Balaban J connectivity index is 1.71. The van der Waals surface area contributed by atoms with Gasteiger partial charge in [0.25, 0.3) is 10.0 Å². The minimum atomic E-state index is -3.67. The number of hydrogen-bond donors (Lipinski definition) is 2. The second kappa shape index (κ2) is 6.80. The third kappa shape index (κ3) is 4.05. The molecular weight excluding hydrogens is 366 g/mol. The highest BCUT2D eigenvalue weighted by Crippen LogP contribution is 2.27. The van der Waals surface area contributed by atoms with Gasteiger partial charge in [0.1, 0.15) is 10.0 Å². The molecule has 0 aliphatic heterocycles. The van der Waals surface area contributed by atoms with Crippen LogP contribution < -0.4 is 10.0 Å². The molecule has 0 fully saturated rings. The van der Waals surface area contributed by atoms with Gasteiger partial charge in [-0.15, -0.1) is 11.3 Å². The number of sulfonamides is 1. The van der Waals surface area contributed by atoms with Crippen LogP contribution >= 0.6 is 22.9 Å². The van der Waals surface area contributed by atoms with E-state index in [1.807, 2.05) is 31.2 Å². The van der Waals surface area contributed by atoms with E-state index < -0.39 is 10.0 Å². The molecule has 0 radical (unpaired) electrons. The minimum absolute atomic E-state index is 0.149. The summed E-state index contributed by atoms with van der Waals surface area (Å²) < 4.78 is 27.4. The van der Waals surface area contributed by atoms with Crippen molar-refractivity contribution in [1.82, 2.24) is 4.98 Å². The Kier molecular flexibility index (Phi) is 4.75. The molecule has 0 bridgehead atoms. The largest absolute Gasteiger partial charge is 0.354 e. The Hall–Kier alpha value is -2.09. The van der Waals surface area contributed by atoms with Crippen LogP contribution in [0, 0.1) is 6.92 Å². The zero-order valence-electron chi connectivity index (χ0n) is 12.7. The van der Waals surface area contributed by atoms with Gasteiger partial charge >= 0.3 is 0 Å². The highest BCUT2D eigenvalue weighted by molar-refractivity contribution is 7.94. The summed E-state index contributed by atoms with van der Waals surface area (Å²) in [6.45, 7) is 2.02. The lowest BCUT2D eigenvalue weighted by Crippen LogP contribution is -2.12. The summed E-state index contributed by atoms with van der Waals surface area (Å²) in [5.74, 6) is 0.244. The summed E-state index contributed by atoms with van der Waals surface area (Å²) in [5, 5.41) is 3.20. The molecule has 24 heavy (non-hydrogen) atoms. The Bertz CT molecular complexity index is 936. The van der Waals surface area contributed by atoms with E-state index in [4.69, 9.17) is 11.6 Å². The van der Waals surface area contributed by atoms with Crippen LogP contribution in [-0.4, -0.2) is 13.4 Å². The lowest BCUT2D eigenvalue weighted by Gasteiger charge is -2.08. The zero-order valence-corrected chi connectivity index (χ0v) is 15.0. The van der Waals surface area contributed by atoms with Crippen molar-refractivity contribution in [2.24, 2.45) is 0 Å². The van der Waals surface area contributed by atoms with Gasteiger partial charge in [0.05, 0.1) is 16.2 Å². The topological polar surface area (TPSA) is 71.1 Å². The van der Waals surface area contributed by atoms with Crippen LogP contribution in [-0.2, 0) is 10.0 Å². The van der Waals surface area contributed by atoms with Crippen molar-refractivity contribution in [2.75, 3.05) is 10.0 Å². The van der Waals surface area contributed by atoms with Crippen molar-refractivity contribution in [1.29, 1.82) is 0 Å². The first kappa shape index (κ1) is 16.8. The van der Waals surface area contributed by atoms with E-state index in [0.717, 1.165) is 22.7 Å². The molecule has 0 aliphatic rings. The third-order valence-electron chi connectivity index (χ3n) is 3.16. The predicted octanol–water partition coefficient (Wildman–Crippen LogP) is 4.65. The molecule has 0 aliphatic carbocycles. The fourth-order valence-electron chi connectivity index (χ4n) is 1.96. The number of hydrogen-bond acceptors (Lipinski definition) is 5. The third-order valence-corrected chi connectivity index (χ3v) is 6.23. The molecule has 8 heteroatoms. The smallest absolute Gasteiger partial charge is 0.272 e. The van der Waals surface area contributed by atoms with Crippen LogP contribution in [0.1, 0.15) is 5.56 Å². The maximum atomic E-state index is 12.2. The van der Waals surface area contributed by atoms with Gasteiger partial charge in [-0.1, -0.05) is 29.3 Å². The lowest BCUT2D eigenvalue weighted by atomic mass is 10.2. The SMILES string of the molecule is Cc1ccc(Nc2ccc(NS(=O)(=O)c3ccc(Cl)s3)nc2)cc1. The summed E-state index contributed by atoms with van der Waals surface area (Å²) in [7, 11) is -3.67. The number of halogens is 1. The van der Waals surface area contributed by atoms with Crippen molar-refractivity contribution in [3.63, 3.8) is 0 Å². The molecule has 0 spiro atoms. The van der Waals surface area contributed by atoms with Gasteiger partial charge in [0.15, 0.2) is 0 Å². The van der Waals surface area contributed by atoms with E-state index in [9.17, 15) is 8.42 Å². The number of anilines is 3. The summed E-state index contributed by atoms with van der Waals surface area (Å²) in [5.41, 5.74) is 2.88. The van der Waals surface area contributed by atoms with Crippen LogP contribution in [0.15, 0.2) is 58.9 Å². The zero-order chi connectivity index (χ0) is 17.2. The molecule has 3 rings (SSSR count). The standard InChI is InChI=1S/C16H14ClN3O2S2/c1-11-2-4-12(5-3-11)19-13-6-8-15(18-10-13)20-24(21,22)16-9-7-14(17)23-16/h2-10,19H,1H3,(H,18,20). The Morgan fingerprint density at radius 2 is 1.71 bits per heavy atom. The van der Waals surface area contributed by atoms with E-state index >= 15 is 0 Å². The molecule has 0 atom stereocenters. The number of benzene rings is 1. The van der Waals surface area contributed by atoms with Crippen LogP contribution in [0.3, 0.4) is 0 Å². The molecule has 2 N–H and O–H groups in total. The lowest BCUT2D eigenvalue weighted by molar-refractivity contribution is 0.603. The predicted molar refractivity (Wildman–Crippen MR) is 98.8 cm³/mol. The van der Waals surface area contributed by atoms with E-state index in [2.05, 4.69) is 15.0 Å². The van der Waals surface area contributed by atoms with Gasteiger partial charge in [-0.05, 0) is 43.3 Å². The van der Waals surface area contributed by atoms with E-state index in [1.165, 1.54) is 11.6 Å². The maximum absolute atomic E-state index is 12.2. The minimum Gasteiger partial charge on any atom is -0.354 e. The van der Waals surface area contributed by atoms with Gasteiger partial charge in [-0.3, -0.25) is 4.72 Å². The number of pyridine rings is 1. The molecule has 1 aromatic carbocycles. The normalized spacial score (nSPS) is 11.2. The molecule has 2 heterocycles. The number of thiophene rings is 1. The quantitative estimate of drug-likeness (QED) is 0.676. The average molecular weight is 380 g/mol. The summed E-state index contributed by atoms with van der Waals surface area (Å²) in [6, 6.07) is 14.3. The highest BCUT2D eigenvalue weighted by Gasteiger charge is 2.17. The second-order valence-electron chi connectivity index (χ2n) is 5.09. The van der Waals surface area contributed by atoms with Gasteiger partial charge in [-0.2, -0.15) is 0 Å². The van der Waals surface area contributed by atoms with E-state index in [-0.39, 0.29) is 10.0 Å².